The van der Waals surface area contributed by atoms with Crippen LogP contribution in [0.15, 0.2) is 48.8 Å². The van der Waals surface area contributed by atoms with E-state index in [1.54, 1.807) is 7.11 Å². The monoisotopic (exact) mass is 310 g/mol. The number of pyridine rings is 1. The summed E-state index contributed by atoms with van der Waals surface area (Å²) in [5, 5.41) is 2.73. The lowest BCUT2D eigenvalue weighted by Gasteiger charge is -2.05. The lowest BCUT2D eigenvalue weighted by Crippen LogP contribution is -2.21. The highest BCUT2D eigenvalue weighted by atomic mass is 16.5. The van der Waals surface area contributed by atoms with Gasteiger partial charge in [0.05, 0.1) is 25.0 Å². The van der Waals surface area contributed by atoms with E-state index >= 15 is 0 Å². The first-order chi connectivity index (χ1) is 11.2. The van der Waals surface area contributed by atoms with Crippen molar-refractivity contribution in [1.29, 1.82) is 0 Å². The molecule has 0 aliphatic rings. The maximum atomic E-state index is 11.4. The number of fused-ring (bicyclic) bond motifs is 1. The Bertz CT molecular complexity index is 841. The van der Waals surface area contributed by atoms with Crippen molar-refractivity contribution < 1.29 is 9.53 Å². The number of anilines is 1. The molecule has 0 aliphatic carbocycles. The second-order valence-electron chi connectivity index (χ2n) is 5.16. The zero-order valence-corrected chi connectivity index (χ0v) is 12.8. The zero-order valence-electron chi connectivity index (χ0n) is 12.8. The maximum absolute atomic E-state index is 11.4. The van der Waals surface area contributed by atoms with E-state index in [-0.39, 0.29) is 12.5 Å². The van der Waals surface area contributed by atoms with Crippen molar-refractivity contribution in [2.75, 3.05) is 19.0 Å². The van der Waals surface area contributed by atoms with Crippen molar-refractivity contribution >= 4 is 17.2 Å². The van der Waals surface area contributed by atoms with E-state index in [9.17, 15) is 4.79 Å². The smallest absolute Gasteiger partial charge is 0.238 e. The number of rotatable bonds is 5. The molecule has 0 saturated carbocycles. The van der Waals surface area contributed by atoms with Gasteiger partial charge in [0.25, 0.3) is 0 Å². The van der Waals surface area contributed by atoms with Crippen LogP contribution in [0.2, 0.25) is 0 Å². The van der Waals surface area contributed by atoms with E-state index in [2.05, 4.69) is 10.3 Å². The van der Waals surface area contributed by atoms with Gasteiger partial charge in [0.15, 0.2) is 0 Å². The van der Waals surface area contributed by atoms with E-state index in [0.29, 0.717) is 12.1 Å². The molecule has 3 aromatic rings. The van der Waals surface area contributed by atoms with Crippen molar-refractivity contribution in [3.05, 3.63) is 60.0 Å². The Morgan fingerprint density at radius 3 is 2.87 bits per heavy atom. The van der Waals surface area contributed by atoms with Crippen molar-refractivity contribution in [2.24, 2.45) is 5.73 Å². The van der Waals surface area contributed by atoms with Crippen LogP contribution in [0.4, 0.5) is 5.69 Å². The molecule has 0 fully saturated rings. The number of amides is 1. The fourth-order valence-corrected chi connectivity index (χ4v) is 2.46. The fraction of sp³-hybridized carbons (Fsp3) is 0.176. The number of benzene rings is 1. The van der Waals surface area contributed by atoms with Gasteiger partial charge in [0.1, 0.15) is 11.4 Å². The van der Waals surface area contributed by atoms with Crippen LogP contribution in [0, 0.1) is 0 Å². The van der Waals surface area contributed by atoms with E-state index in [4.69, 9.17) is 10.5 Å². The second kappa shape index (κ2) is 6.50. The summed E-state index contributed by atoms with van der Waals surface area (Å²) in [6, 6.07) is 11.6. The summed E-state index contributed by atoms with van der Waals surface area (Å²) in [6.45, 7) is -0.0407. The molecular weight excluding hydrogens is 292 g/mol. The molecule has 0 radical (unpaired) electrons. The summed E-state index contributed by atoms with van der Waals surface area (Å²) in [5.74, 6) is 0.624. The first kappa shape index (κ1) is 15.1. The predicted molar refractivity (Wildman–Crippen MR) is 88.7 cm³/mol. The molecule has 0 saturated heterocycles. The third-order valence-electron chi connectivity index (χ3n) is 3.53. The van der Waals surface area contributed by atoms with E-state index in [1.807, 2.05) is 53.2 Å². The Labute approximate surface area is 133 Å². The number of nitrogens with zero attached hydrogens (tertiary/aromatic N) is 2. The SMILES string of the molecule is COc1ccccc1Cc1cn2cc(NC(=O)CN)ccc2n1. The zero-order chi connectivity index (χ0) is 16.2. The van der Waals surface area contributed by atoms with Crippen molar-refractivity contribution in [3.63, 3.8) is 0 Å². The Morgan fingerprint density at radius 2 is 2.09 bits per heavy atom. The Balaban J connectivity index is 1.86. The molecular formula is C17H18N4O2. The van der Waals surface area contributed by atoms with E-state index < -0.39 is 0 Å². The van der Waals surface area contributed by atoms with Gasteiger partial charge in [0, 0.05) is 24.4 Å². The van der Waals surface area contributed by atoms with Gasteiger partial charge in [-0.2, -0.15) is 0 Å². The van der Waals surface area contributed by atoms with E-state index in [0.717, 1.165) is 22.7 Å². The molecule has 6 heteroatoms. The number of hydrogen-bond acceptors (Lipinski definition) is 4. The number of ether oxygens (including phenoxy) is 1. The number of para-hydroxylation sites is 1. The van der Waals surface area contributed by atoms with Gasteiger partial charge in [-0.05, 0) is 18.2 Å². The van der Waals surface area contributed by atoms with Crippen molar-refractivity contribution in [1.82, 2.24) is 9.38 Å². The number of carbonyl (C=O) groups excluding carboxylic acids is 1. The van der Waals surface area contributed by atoms with Crippen LogP contribution in [0.1, 0.15) is 11.3 Å². The molecule has 0 unspecified atom stereocenters. The molecule has 0 spiro atoms. The predicted octanol–water partition coefficient (Wildman–Crippen LogP) is 1.83. The molecule has 3 rings (SSSR count). The van der Waals surface area contributed by atoms with Crippen LogP contribution in [0.5, 0.6) is 5.75 Å². The number of nitrogens with one attached hydrogen (secondary N) is 1. The Hall–Kier alpha value is -2.86. The van der Waals surface area contributed by atoms with Crippen molar-refractivity contribution in [3.8, 4) is 5.75 Å². The molecule has 2 heterocycles. The molecule has 1 amide bonds. The molecule has 6 nitrogen and oxygen atoms in total. The van der Waals surface area contributed by atoms with Gasteiger partial charge in [-0.3, -0.25) is 4.79 Å². The maximum Gasteiger partial charge on any atom is 0.238 e. The highest BCUT2D eigenvalue weighted by Gasteiger charge is 2.08. The number of carbonyl (C=O) groups is 1. The molecule has 0 aliphatic heterocycles. The minimum atomic E-state index is -0.223. The molecule has 0 bridgehead atoms. The second-order valence-corrected chi connectivity index (χ2v) is 5.16. The third-order valence-corrected chi connectivity index (χ3v) is 3.53. The third kappa shape index (κ3) is 3.32. The largest absolute Gasteiger partial charge is 0.496 e. The summed E-state index contributed by atoms with van der Waals surface area (Å²) in [7, 11) is 1.66. The van der Waals surface area contributed by atoms with Gasteiger partial charge in [-0.1, -0.05) is 18.2 Å². The standard InChI is InChI=1S/C17H18N4O2/c1-23-15-5-3-2-4-12(15)8-14-11-21-10-13(20-17(22)9-18)6-7-16(21)19-14/h2-7,10-11H,8-9,18H2,1H3,(H,20,22). The van der Waals surface area contributed by atoms with Crippen LogP contribution in [0.3, 0.4) is 0 Å². The summed E-state index contributed by atoms with van der Waals surface area (Å²) in [5.41, 5.74) is 8.82. The van der Waals surface area contributed by atoms with Gasteiger partial charge in [-0.25, -0.2) is 4.98 Å². The normalized spacial score (nSPS) is 10.7. The van der Waals surface area contributed by atoms with Gasteiger partial charge < -0.3 is 20.2 Å². The summed E-state index contributed by atoms with van der Waals surface area (Å²) >= 11 is 0. The van der Waals surface area contributed by atoms with Crippen LogP contribution >= 0.6 is 0 Å². The first-order valence-corrected chi connectivity index (χ1v) is 7.29. The van der Waals surface area contributed by atoms with Crippen LogP contribution in [-0.2, 0) is 11.2 Å². The number of methoxy groups -OCH3 is 1. The Kier molecular flexibility index (Phi) is 4.25. The minimum absolute atomic E-state index is 0.0407. The highest BCUT2D eigenvalue weighted by Crippen LogP contribution is 2.21. The lowest BCUT2D eigenvalue weighted by atomic mass is 10.1. The summed E-state index contributed by atoms with van der Waals surface area (Å²) < 4.78 is 7.26. The van der Waals surface area contributed by atoms with Crippen LogP contribution < -0.4 is 15.8 Å². The number of aromatic nitrogens is 2. The van der Waals surface area contributed by atoms with Gasteiger partial charge in [-0.15, -0.1) is 0 Å². The van der Waals surface area contributed by atoms with Gasteiger partial charge >= 0.3 is 0 Å². The molecule has 2 aromatic heterocycles. The number of hydrogen-bond donors (Lipinski definition) is 2. The van der Waals surface area contributed by atoms with Crippen LogP contribution in [0.25, 0.3) is 5.65 Å². The molecule has 23 heavy (non-hydrogen) atoms. The summed E-state index contributed by atoms with van der Waals surface area (Å²) in [4.78, 5) is 16.0. The number of nitrogens with two attached hydrogens (primary N) is 1. The van der Waals surface area contributed by atoms with Crippen molar-refractivity contribution in [2.45, 2.75) is 6.42 Å². The summed E-state index contributed by atoms with van der Waals surface area (Å²) in [6.07, 6.45) is 4.44. The lowest BCUT2D eigenvalue weighted by molar-refractivity contribution is -0.114. The minimum Gasteiger partial charge on any atom is -0.496 e. The number of imidazole rings is 1. The van der Waals surface area contributed by atoms with Gasteiger partial charge in [0.2, 0.25) is 5.91 Å². The molecule has 0 atom stereocenters. The average Bonchev–Trinajstić information content (AvgIpc) is 2.96. The fourth-order valence-electron chi connectivity index (χ4n) is 2.46. The van der Waals surface area contributed by atoms with E-state index in [1.165, 1.54) is 0 Å². The Morgan fingerprint density at radius 1 is 1.26 bits per heavy atom. The highest BCUT2D eigenvalue weighted by molar-refractivity contribution is 5.92. The van der Waals surface area contributed by atoms with Crippen LogP contribution in [-0.4, -0.2) is 28.9 Å². The topological polar surface area (TPSA) is 81.7 Å². The average molecular weight is 310 g/mol. The molecule has 3 N–H and O–H groups in total. The first-order valence-electron chi connectivity index (χ1n) is 7.29. The molecule has 118 valence electrons. The molecule has 1 aromatic carbocycles. The quantitative estimate of drug-likeness (QED) is 0.753.